The van der Waals surface area contributed by atoms with Crippen LogP contribution in [-0.2, 0) is 0 Å². The monoisotopic (exact) mass is 318 g/mol. The number of hydrogen-bond acceptors (Lipinski definition) is 5. The predicted molar refractivity (Wildman–Crippen MR) is 86.6 cm³/mol. The summed E-state index contributed by atoms with van der Waals surface area (Å²) < 4.78 is 16.4. The van der Waals surface area contributed by atoms with Gasteiger partial charge in [-0.1, -0.05) is 0 Å². The molecule has 0 aromatic heterocycles. The van der Waals surface area contributed by atoms with Crippen molar-refractivity contribution >= 4 is 5.71 Å². The second kappa shape index (κ2) is 5.60. The van der Waals surface area contributed by atoms with Gasteiger partial charge in [0.1, 0.15) is 11.8 Å². The highest BCUT2D eigenvalue weighted by Gasteiger charge is 2.50. The van der Waals surface area contributed by atoms with Crippen LogP contribution in [0.15, 0.2) is 17.2 Å². The van der Waals surface area contributed by atoms with E-state index in [0.29, 0.717) is 29.2 Å². The number of hydrogen-bond donors (Lipinski definition) is 2. The van der Waals surface area contributed by atoms with Gasteiger partial charge in [0, 0.05) is 18.8 Å². The molecule has 4 aliphatic rings. The second-order valence-corrected chi connectivity index (χ2v) is 6.51. The van der Waals surface area contributed by atoms with Crippen molar-refractivity contribution in [3.8, 4) is 17.2 Å². The molecule has 124 valence electrons. The number of ether oxygens (including phenoxy) is 3. The van der Waals surface area contributed by atoms with Crippen LogP contribution in [0.1, 0.15) is 24.4 Å². The van der Waals surface area contributed by atoms with Crippen LogP contribution in [0, 0.1) is 5.92 Å². The molecule has 0 saturated carbocycles. The Balaban J connectivity index is 1.71. The zero-order valence-corrected chi connectivity index (χ0v) is 13.9. The van der Waals surface area contributed by atoms with Gasteiger partial charge >= 0.3 is 0 Å². The average molecular weight is 318 g/mol. The highest BCUT2D eigenvalue weighted by atomic mass is 16.5. The van der Waals surface area contributed by atoms with Gasteiger partial charge in [0.15, 0.2) is 17.5 Å². The molecular weight excluding hydrogens is 294 g/mol. The molecular formula is C17H24N3O3+. The van der Waals surface area contributed by atoms with Crippen molar-refractivity contribution in [3.63, 3.8) is 0 Å². The van der Waals surface area contributed by atoms with E-state index >= 15 is 0 Å². The molecule has 0 unspecified atom stereocenters. The molecule has 2 atom stereocenters. The van der Waals surface area contributed by atoms with Crippen molar-refractivity contribution in [2.75, 3.05) is 34.4 Å². The van der Waals surface area contributed by atoms with Crippen LogP contribution in [0.3, 0.4) is 0 Å². The SMILES string of the molecule is COc1cc([C@H]2NN=C3C4CC[NH+](CC4)[C@@H]32)cc(OC)c1OC. The van der Waals surface area contributed by atoms with Crippen LogP contribution in [0.4, 0.5) is 0 Å². The summed E-state index contributed by atoms with van der Waals surface area (Å²) in [5.41, 5.74) is 5.87. The molecule has 1 aromatic rings. The Bertz CT molecular complexity index is 613. The van der Waals surface area contributed by atoms with E-state index in [9.17, 15) is 0 Å². The molecule has 4 aliphatic heterocycles. The summed E-state index contributed by atoms with van der Waals surface area (Å²) in [4.78, 5) is 1.65. The van der Waals surface area contributed by atoms with E-state index in [-0.39, 0.29) is 6.04 Å². The Hall–Kier alpha value is -1.95. The number of benzene rings is 1. The van der Waals surface area contributed by atoms with Crippen molar-refractivity contribution in [2.24, 2.45) is 11.0 Å². The highest BCUT2D eigenvalue weighted by molar-refractivity contribution is 5.93. The van der Waals surface area contributed by atoms with Gasteiger partial charge in [0.05, 0.1) is 34.4 Å². The first-order valence-electron chi connectivity index (χ1n) is 8.24. The molecule has 2 bridgehead atoms. The van der Waals surface area contributed by atoms with Crippen LogP contribution < -0.4 is 24.5 Å². The number of nitrogens with one attached hydrogen (secondary N) is 2. The van der Waals surface area contributed by atoms with Crippen molar-refractivity contribution in [2.45, 2.75) is 24.9 Å². The summed E-state index contributed by atoms with van der Waals surface area (Å²) in [6.07, 6.45) is 2.54. The van der Waals surface area contributed by atoms with E-state index in [1.54, 1.807) is 26.2 Å². The number of quaternary nitrogens is 1. The third-order valence-corrected chi connectivity index (χ3v) is 5.52. The fourth-order valence-corrected chi connectivity index (χ4v) is 4.39. The summed E-state index contributed by atoms with van der Waals surface area (Å²) >= 11 is 0. The van der Waals surface area contributed by atoms with Gasteiger partial charge in [-0.25, -0.2) is 0 Å². The lowest BCUT2D eigenvalue weighted by Crippen LogP contribution is -3.20. The molecule has 5 rings (SSSR count). The first-order valence-corrected chi connectivity index (χ1v) is 8.24. The third kappa shape index (κ3) is 2.16. The minimum Gasteiger partial charge on any atom is -0.493 e. The van der Waals surface area contributed by atoms with Crippen LogP contribution in [-0.4, -0.2) is 46.2 Å². The number of methoxy groups -OCH3 is 3. The maximum absolute atomic E-state index is 5.50. The second-order valence-electron chi connectivity index (χ2n) is 6.51. The predicted octanol–water partition coefficient (Wildman–Crippen LogP) is 0.390. The fourth-order valence-electron chi connectivity index (χ4n) is 4.39. The number of nitrogens with zero attached hydrogens (tertiary/aromatic N) is 1. The number of hydrazone groups is 1. The van der Waals surface area contributed by atoms with Crippen LogP contribution >= 0.6 is 0 Å². The van der Waals surface area contributed by atoms with E-state index in [4.69, 9.17) is 14.2 Å². The average Bonchev–Trinajstić information content (AvgIpc) is 3.08. The van der Waals surface area contributed by atoms with Crippen molar-refractivity contribution in [1.82, 2.24) is 5.43 Å². The van der Waals surface area contributed by atoms with E-state index in [1.807, 2.05) is 12.1 Å². The van der Waals surface area contributed by atoms with Crippen molar-refractivity contribution in [1.29, 1.82) is 0 Å². The lowest BCUT2D eigenvalue weighted by atomic mass is 9.78. The van der Waals surface area contributed by atoms with Gasteiger partial charge in [-0.05, 0) is 17.7 Å². The number of rotatable bonds is 4. The van der Waals surface area contributed by atoms with E-state index in [0.717, 1.165) is 5.56 Å². The fraction of sp³-hybridized carbons (Fsp3) is 0.588. The van der Waals surface area contributed by atoms with Gasteiger partial charge < -0.3 is 19.1 Å². The highest BCUT2D eigenvalue weighted by Crippen LogP contribution is 2.41. The minimum atomic E-state index is 0.178. The lowest BCUT2D eigenvalue weighted by Gasteiger charge is -2.42. The molecule has 4 heterocycles. The Morgan fingerprint density at radius 2 is 1.70 bits per heavy atom. The molecule has 0 spiro atoms. The normalized spacial score (nSPS) is 31.2. The lowest BCUT2D eigenvalue weighted by molar-refractivity contribution is -0.927. The largest absolute Gasteiger partial charge is 0.493 e. The van der Waals surface area contributed by atoms with Crippen molar-refractivity contribution < 1.29 is 19.1 Å². The quantitative estimate of drug-likeness (QED) is 0.843. The van der Waals surface area contributed by atoms with Gasteiger partial charge in [-0.15, -0.1) is 0 Å². The van der Waals surface area contributed by atoms with Gasteiger partial charge in [-0.2, -0.15) is 5.10 Å². The maximum atomic E-state index is 5.50. The van der Waals surface area contributed by atoms with Crippen LogP contribution in [0.2, 0.25) is 0 Å². The molecule has 0 radical (unpaired) electrons. The molecule has 2 N–H and O–H groups in total. The molecule has 3 fully saturated rings. The van der Waals surface area contributed by atoms with E-state index < -0.39 is 0 Å². The summed E-state index contributed by atoms with van der Waals surface area (Å²) in [5, 5.41) is 4.68. The summed E-state index contributed by atoms with van der Waals surface area (Å²) in [7, 11) is 4.94. The molecule has 0 amide bonds. The Morgan fingerprint density at radius 1 is 1.04 bits per heavy atom. The van der Waals surface area contributed by atoms with Gasteiger partial charge in [-0.3, -0.25) is 5.43 Å². The summed E-state index contributed by atoms with van der Waals surface area (Å²) in [5.74, 6) is 2.69. The Labute approximate surface area is 136 Å². The first kappa shape index (κ1) is 14.6. The molecule has 6 nitrogen and oxygen atoms in total. The Morgan fingerprint density at radius 3 is 2.26 bits per heavy atom. The van der Waals surface area contributed by atoms with Gasteiger partial charge in [0.25, 0.3) is 0 Å². The minimum absolute atomic E-state index is 0.178. The third-order valence-electron chi connectivity index (χ3n) is 5.52. The standard InChI is InChI=1S/C17H23N3O3/c1-21-12-8-11(9-13(22-2)17(12)23-3)15-16-14(18-19-15)10-4-6-20(16)7-5-10/h8-10,15-16,19H,4-7H2,1-3H3/p+1/t15-,16+/m1/s1. The maximum Gasteiger partial charge on any atom is 0.203 e. The van der Waals surface area contributed by atoms with E-state index in [2.05, 4.69) is 10.5 Å². The van der Waals surface area contributed by atoms with Crippen molar-refractivity contribution in [3.05, 3.63) is 17.7 Å². The molecule has 23 heavy (non-hydrogen) atoms. The first-order chi connectivity index (χ1) is 11.3. The molecule has 3 saturated heterocycles. The topological polar surface area (TPSA) is 56.5 Å². The Kier molecular flexibility index (Phi) is 3.56. The number of piperidine rings is 3. The molecule has 1 aromatic carbocycles. The summed E-state index contributed by atoms with van der Waals surface area (Å²) in [6, 6.07) is 4.70. The molecule has 6 heteroatoms. The van der Waals surface area contributed by atoms with Crippen LogP contribution in [0.25, 0.3) is 0 Å². The van der Waals surface area contributed by atoms with Crippen LogP contribution in [0.5, 0.6) is 17.2 Å². The molecule has 0 aliphatic carbocycles. The van der Waals surface area contributed by atoms with E-state index in [1.165, 1.54) is 31.6 Å². The smallest absolute Gasteiger partial charge is 0.203 e. The zero-order valence-electron chi connectivity index (χ0n) is 13.9. The van der Waals surface area contributed by atoms with Gasteiger partial charge in [0.2, 0.25) is 5.75 Å². The number of fused-ring (bicyclic) bond motifs is 2. The zero-order chi connectivity index (χ0) is 16.0. The summed E-state index contributed by atoms with van der Waals surface area (Å²) in [6.45, 7) is 2.49.